The molecule has 0 aromatic heterocycles. The summed E-state index contributed by atoms with van der Waals surface area (Å²) in [6.07, 6.45) is 2.73. The van der Waals surface area contributed by atoms with Crippen LogP contribution in [0.15, 0.2) is 48.5 Å². The average Bonchev–Trinajstić information content (AvgIpc) is 2.96. The van der Waals surface area contributed by atoms with Crippen LogP contribution in [-0.2, 0) is 6.42 Å². The summed E-state index contributed by atoms with van der Waals surface area (Å²) in [6, 6.07) is 16.6. The van der Waals surface area contributed by atoms with E-state index in [0.29, 0.717) is 12.1 Å². The first kappa shape index (κ1) is 16.1. The summed E-state index contributed by atoms with van der Waals surface area (Å²) in [5, 5.41) is 18.8. The second-order valence-electron chi connectivity index (χ2n) is 6.56. The molecule has 0 aliphatic carbocycles. The first-order valence-corrected chi connectivity index (χ1v) is 8.12. The number of carbonyl (C=O) groups excluding carboxylic acids is 1. The lowest BCUT2D eigenvalue weighted by Gasteiger charge is -2.35. The van der Waals surface area contributed by atoms with Gasteiger partial charge in [-0.05, 0) is 49.9 Å². The molecule has 0 spiro atoms. The summed E-state index contributed by atoms with van der Waals surface area (Å²) >= 11 is 0. The van der Waals surface area contributed by atoms with Crippen molar-refractivity contribution in [3.05, 3.63) is 65.2 Å². The molecule has 1 heterocycles. The van der Waals surface area contributed by atoms with Crippen molar-refractivity contribution in [2.45, 2.75) is 31.7 Å². The van der Waals surface area contributed by atoms with Crippen LogP contribution in [0.2, 0.25) is 0 Å². The van der Waals surface area contributed by atoms with Crippen LogP contribution in [0, 0.1) is 11.3 Å². The Labute approximate surface area is 142 Å². The molecule has 0 bridgehead atoms. The number of rotatable bonds is 3. The summed E-state index contributed by atoms with van der Waals surface area (Å²) in [6.45, 7) is 2.83. The Morgan fingerprint density at radius 3 is 2.71 bits per heavy atom. The van der Waals surface area contributed by atoms with E-state index in [1.807, 2.05) is 29.2 Å². The van der Waals surface area contributed by atoms with Crippen molar-refractivity contribution in [2.24, 2.45) is 0 Å². The highest BCUT2D eigenvalue weighted by Crippen LogP contribution is 2.34. The summed E-state index contributed by atoms with van der Waals surface area (Å²) < 4.78 is 0. The first-order valence-electron chi connectivity index (χ1n) is 8.12. The van der Waals surface area contributed by atoms with E-state index >= 15 is 0 Å². The van der Waals surface area contributed by atoms with E-state index in [2.05, 4.69) is 19.1 Å². The van der Waals surface area contributed by atoms with E-state index in [-0.39, 0.29) is 22.8 Å². The minimum absolute atomic E-state index is 0.0919. The highest BCUT2D eigenvalue weighted by molar-refractivity contribution is 5.95. The van der Waals surface area contributed by atoms with Crippen LogP contribution in [0.4, 0.5) is 0 Å². The van der Waals surface area contributed by atoms with Gasteiger partial charge in [0.05, 0.1) is 5.56 Å². The molecular weight excluding hydrogens is 300 g/mol. The van der Waals surface area contributed by atoms with Gasteiger partial charge in [0, 0.05) is 17.6 Å². The van der Waals surface area contributed by atoms with E-state index in [9.17, 15) is 9.90 Å². The Hall–Kier alpha value is -2.80. The molecule has 1 fully saturated rings. The topological polar surface area (TPSA) is 64.3 Å². The molecule has 4 heteroatoms. The number of likely N-dealkylation sites (tertiary alicyclic amines) is 1. The smallest absolute Gasteiger partial charge is 0.254 e. The van der Waals surface area contributed by atoms with Crippen molar-refractivity contribution >= 4 is 5.91 Å². The maximum atomic E-state index is 12.9. The van der Waals surface area contributed by atoms with Gasteiger partial charge in [-0.3, -0.25) is 4.79 Å². The predicted octanol–water partition coefficient (Wildman–Crippen LogP) is 3.50. The molecular formula is C20H20N2O2. The molecule has 4 nitrogen and oxygen atoms in total. The highest BCUT2D eigenvalue weighted by atomic mass is 16.3. The minimum atomic E-state index is -0.234. The second kappa shape index (κ2) is 6.37. The third-order valence-corrected chi connectivity index (χ3v) is 4.79. The fourth-order valence-corrected chi connectivity index (χ4v) is 3.50. The number of amides is 1. The Morgan fingerprint density at radius 1 is 1.29 bits per heavy atom. The zero-order valence-corrected chi connectivity index (χ0v) is 13.7. The number of phenolic OH excluding ortho intramolecular Hbond substituents is 1. The van der Waals surface area contributed by atoms with Gasteiger partial charge in [0.2, 0.25) is 0 Å². The summed E-state index contributed by atoms with van der Waals surface area (Å²) in [5.41, 5.74) is 1.58. The lowest BCUT2D eigenvalue weighted by molar-refractivity contribution is 0.0624. The monoisotopic (exact) mass is 320 g/mol. The summed E-state index contributed by atoms with van der Waals surface area (Å²) in [7, 11) is 0. The third-order valence-electron chi connectivity index (χ3n) is 4.79. The van der Waals surface area contributed by atoms with Gasteiger partial charge in [0.15, 0.2) is 0 Å². The third kappa shape index (κ3) is 2.98. The zero-order chi connectivity index (χ0) is 17.2. The van der Waals surface area contributed by atoms with Gasteiger partial charge in [0.25, 0.3) is 5.91 Å². The quantitative estimate of drug-likeness (QED) is 0.941. The van der Waals surface area contributed by atoms with Crippen molar-refractivity contribution in [3.8, 4) is 11.8 Å². The molecule has 1 N–H and O–H groups in total. The van der Waals surface area contributed by atoms with Crippen molar-refractivity contribution in [2.75, 3.05) is 6.54 Å². The number of nitriles is 1. The Morgan fingerprint density at radius 2 is 2.04 bits per heavy atom. The maximum absolute atomic E-state index is 12.9. The number of aromatic hydroxyl groups is 1. The van der Waals surface area contributed by atoms with Crippen LogP contribution < -0.4 is 0 Å². The lowest BCUT2D eigenvalue weighted by atomic mass is 9.89. The molecule has 122 valence electrons. The van der Waals surface area contributed by atoms with Crippen LogP contribution in [-0.4, -0.2) is 28.0 Å². The van der Waals surface area contributed by atoms with Crippen molar-refractivity contribution in [3.63, 3.8) is 0 Å². The van der Waals surface area contributed by atoms with Gasteiger partial charge in [-0.25, -0.2) is 0 Å². The van der Waals surface area contributed by atoms with E-state index in [0.717, 1.165) is 19.3 Å². The number of hydrogen-bond donors (Lipinski definition) is 1. The molecule has 1 aliphatic rings. The first-order chi connectivity index (χ1) is 11.5. The highest BCUT2D eigenvalue weighted by Gasteiger charge is 2.39. The number of hydrogen-bond acceptors (Lipinski definition) is 3. The minimum Gasteiger partial charge on any atom is -0.507 e. The van der Waals surface area contributed by atoms with Gasteiger partial charge in [-0.1, -0.05) is 30.3 Å². The molecule has 2 aromatic carbocycles. The summed E-state index contributed by atoms with van der Waals surface area (Å²) in [4.78, 5) is 14.8. The SMILES string of the molecule is CC1(Cc2ccccc2)CCCN1C(=O)c1ccc(C#N)c(O)c1. The Balaban J connectivity index is 1.86. The van der Waals surface area contributed by atoms with Crippen molar-refractivity contribution in [1.82, 2.24) is 4.90 Å². The molecule has 2 aromatic rings. The normalized spacial score (nSPS) is 19.9. The zero-order valence-electron chi connectivity index (χ0n) is 13.7. The number of benzene rings is 2. The number of nitrogens with zero attached hydrogens (tertiary/aromatic N) is 2. The second-order valence-corrected chi connectivity index (χ2v) is 6.56. The average molecular weight is 320 g/mol. The molecule has 1 amide bonds. The van der Waals surface area contributed by atoms with E-state index in [4.69, 9.17) is 5.26 Å². The summed E-state index contributed by atoms with van der Waals surface area (Å²) in [5.74, 6) is -0.238. The molecule has 0 saturated carbocycles. The van der Waals surface area contributed by atoms with Gasteiger partial charge in [-0.2, -0.15) is 5.26 Å². The van der Waals surface area contributed by atoms with Crippen molar-refractivity contribution in [1.29, 1.82) is 5.26 Å². The van der Waals surface area contributed by atoms with E-state index in [1.54, 1.807) is 6.07 Å². The van der Waals surface area contributed by atoms with Gasteiger partial charge >= 0.3 is 0 Å². The molecule has 0 radical (unpaired) electrons. The van der Waals surface area contributed by atoms with Crippen LogP contribution in [0.25, 0.3) is 0 Å². The van der Waals surface area contributed by atoms with Crippen LogP contribution in [0.3, 0.4) is 0 Å². The van der Waals surface area contributed by atoms with Gasteiger partial charge in [0.1, 0.15) is 11.8 Å². The van der Waals surface area contributed by atoms with Crippen LogP contribution in [0.1, 0.15) is 41.3 Å². The van der Waals surface area contributed by atoms with E-state index < -0.39 is 0 Å². The molecule has 24 heavy (non-hydrogen) atoms. The van der Waals surface area contributed by atoms with Crippen LogP contribution >= 0.6 is 0 Å². The largest absolute Gasteiger partial charge is 0.507 e. The number of phenols is 1. The molecule has 3 rings (SSSR count). The molecule has 1 atom stereocenters. The maximum Gasteiger partial charge on any atom is 0.254 e. The van der Waals surface area contributed by atoms with Gasteiger partial charge < -0.3 is 10.0 Å². The number of carbonyl (C=O) groups is 1. The standard InChI is InChI=1S/C20H20N2O2/c1-20(13-15-6-3-2-4-7-15)10-5-11-22(20)19(24)16-8-9-17(14-21)18(23)12-16/h2-4,6-9,12,23H,5,10-11,13H2,1H3. The molecule has 1 aliphatic heterocycles. The predicted molar refractivity (Wildman–Crippen MR) is 91.6 cm³/mol. The molecule has 1 unspecified atom stereocenters. The van der Waals surface area contributed by atoms with E-state index in [1.165, 1.54) is 17.7 Å². The van der Waals surface area contributed by atoms with Gasteiger partial charge in [-0.15, -0.1) is 0 Å². The lowest BCUT2D eigenvalue weighted by Crippen LogP contribution is -2.46. The fraction of sp³-hybridized carbons (Fsp3) is 0.300. The fourth-order valence-electron chi connectivity index (χ4n) is 3.50. The van der Waals surface area contributed by atoms with Crippen LogP contribution in [0.5, 0.6) is 5.75 Å². The molecule has 1 saturated heterocycles. The van der Waals surface area contributed by atoms with Crippen molar-refractivity contribution < 1.29 is 9.90 Å². The Bertz CT molecular complexity index is 795. The Kier molecular flexibility index (Phi) is 4.26.